The van der Waals surface area contributed by atoms with Gasteiger partial charge in [-0.05, 0) is 12.1 Å². The first-order chi connectivity index (χ1) is 7.20. The highest BCUT2D eigenvalue weighted by molar-refractivity contribution is 5.63. The van der Waals surface area contributed by atoms with Gasteiger partial charge in [0.05, 0.1) is 19.9 Å². The van der Waals surface area contributed by atoms with Crippen LogP contribution in [0.15, 0.2) is 18.2 Å². The Labute approximate surface area is 89.6 Å². The van der Waals surface area contributed by atoms with E-state index in [0.29, 0.717) is 0 Å². The fraction of sp³-hybridized carbons (Fsp3) is 0.400. The molecule has 0 unspecified atom stereocenters. The summed E-state index contributed by atoms with van der Waals surface area (Å²) < 4.78 is 10.4. The number of hydrogen-bond acceptors (Lipinski definition) is 5. The zero-order chi connectivity index (χ0) is 11.8. The molecule has 0 saturated carbocycles. The van der Waals surface area contributed by atoms with Crippen molar-refractivity contribution in [3.63, 3.8) is 0 Å². The number of hydrogen-bond donors (Lipinski definition) is 0. The molecule has 0 atom stereocenters. The highest BCUT2D eigenvalue weighted by atomic mass is 16.5. The number of benzene rings is 1. The quantitative estimate of drug-likeness (QED) is 0.710. The maximum atomic E-state index is 6.00. The molecule has 82 valence electrons. The van der Waals surface area contributed by atoms with Gasteiger partial charge in [-0.2, -0.15) is 0 Å². The van der Waals surface area contributed by atoms with Gasteiger partial charge in [0.25, 0.3) is 0 Å². The molecule has 5 heteroatoms. The van der Waals surface area contributed by atoms with Gasteiger partial charge in [0.2, 0.25) is 0 Å². The largest absolute Gasteiger partial charge is 0.493 e. The normalized spacial score (nSPS) is 8.40. The van der Waals surface area contributed by atoms with Crippen molar-refractivity contribution >= 4 is 5.69 Å². The lowest BCUT2D eigenvalue weighted by Crippen LogP contribution is -2.10. The van der Waals surface area contributed by atoms with E-state index < -0.39 is 0 Å². The molecule has 0 aliphatic carbocycles. The number of rotatable bonds is 3. The molecule has 0 saturated heterocycles. The molecule has 1 rings (SSSR count). The van der Waals surface area contributed by atoms with E-state index in [9.17, 15) is 0 Å². The van der Waals surface area contributed by atoms with Crippen LogP contribution in [0.25, 0.3) is 0 Å². The van der Waals surface area contributed by atoms with Gasteiger partial charge >= 0.3 is 0 Å². The Morgan fingerprint density at radius 2 is 1.67 bits per heavy atom. The number of methoxy groups -OCH3 is 2. The maximum Gasteiger partial charge on any atom is 0.184 e. The van der Waals surface area contributed by atoms with Gasteiger partial charge in [-0.1, -0.05) is 6.07 Å². The summed E-state index contributed by atoms with van der Waals surface area (Å²) in [4.78, 5) is 1.99. The van der Waals surface area contributed by atoms with Gasteiger partial charge < -0.3 is 14.4 Å². The summed E-state index contributed by atoms with van der Waals surface area (Å²) >= 11 is 0. The Balaban J connectivity index is 0.000000921. The lowest BCUT2D eigenvalue weighted by Gasteiger charge is -2.18. The van der Waals surface area contributed by atoms with Gasteiger partial charge in [-0.15, -0.1) is 0 Å². The van der Waals surface area contributed by atoms with Crippen molar-refractivity contribution in [2.24, 2.45) is 0 Å². The average molecular weight is 209 g/mol. The first kappa shape index (κ1) is 13.0. The van der Waals surface area contributed by atoms with Crippen molar-refractivity contribution in [1.29, 1.82) is 10.8 Å². The van der Waals surface area contributed by atoms with Crippen molar-refractivity contribution in [2.45, 2.75) is 0 Å². The fourth-order valence-electron chi connectivity index (χ4n) is 1.22. The van der Waals surface area contributed by atoms with Gasteiger partial charge in [0.1, 0.15) is 0 Å². The number of nitrogens with zero attached hydrogens (tertiary/aromatic N) is 3. The van der Waals surface area contributed by atoms with Crippen LogP contribution in [-0.4, -0.2) is 28.3 Å². The summed E-state index contributed by atoms with van der Waals surface area (Å²) in [6, 6.07) is 5.81. The topological polar surface area (TPSA) is 69.3 Å². The Morgan fingerprint density at radius 3 is 2.07 bits per heavy atom. The van der Waals surface area contributed by atoms with Crippen molar-refractivity contribution in [1.82, 2.24) is 0 Å². The molecule has 0 aliphatic heterocycles. The van der Waals surface area contributed by atoms with Crippen LogP contribution in [0.4, 0.5) is 5.69 Å². The van der Waals surface area contributed by atoms with Crippen LogP contribution in [0.2, 0.25) is 0 Å². The number of ether oxygens (including phenoxy) is 2. The Kier molecular flexibility index (Phi) is 5.64. The smallest absolute Gasteiger partial charge is 0.184 e. The van der Waals surface area contributed by atoms with Crippen LogP contribution in [0.5, 0.6) is 11.5 Å². The van der Waals surface area contributed by atoms with Crippen LogP contribution in [0, 0.1) is 10.8 Å². The Bertz CT molecular complexity index is 324. The zero-order valence-electron chi connectivity index (χ0n) is 9.39. The molecule has 0 radical (unpaired) electrons. The summed E-state index contributed by atoms with van der Waals surface area (Å²) in [7, 11) is 7.22. The third-order valence-corrected chi connectivity index (χ3v) is 1.86. The molecule has 1 aromatic rings. The van der Waals surface area contributed by atoms with Crippen molar-refractivity contribution < 1.29 is 9.47 Å². The van der Waals surface area contributed by atoms with E-state index in [2.05, 4.69) is 0 Å². The molecule has 0 aromatic heterocycles. The SMILES string of the molecule is COc1cccc(N(C)C)c1OC.N#N. The molecule has 0 bridgehead atoms. The van der Waals surface area contributed by atoms with E-state index in [-0.39, 0.29) is 0 Å². The fourth-order valence-corrected chi connectivity index (χ4v) is 1.22. The van der Waals surface area contributed by atoms with Crippen LogP contribution >= 0.6 is 0 Å². The van der Waals surface area contributed by atoms with Crippen LogP contribution in [0.3, 0.4) is 0 Å². The molecule has 15 heavy (non-hydrogen) atoms. The lowest BCUT2D eigenvalue weighted by atomic mass is 10.2. The van der Waals surface area contributed by atoms with Crippen LogP contribution in [-0.2, 0) is 0 Å². The monoisotopic (exact) mass is 209 g/mol. The van der Waals surface area contributed by atoms with E-state index in [0.717, 1.165) is 17.2 Å². The molecule has 0 aliphatic rings. The van der Waals surface area contributed by atoms with Gasteiger partial charge in [0, 0.05) is 24.9 Å². The Morgan fingerprint density at radius 1 is 1.07 bits per heavy atom. The van der Waals surface area contributed by atoms with Crippen molar-refractivity contribution in [3.05, 3.63) is 18.2 Å². The zero-order valence-corrected chi connectivity index (χ0v) is 9.39. The summed E-state index contributed by atoms with van der Waals surface area (Å²) in [5, 5.41) is 12.0. The average Bonchev–Trinajstić information content (AvgIpc) is 2.30. The van der Waals surface area contributed by atoms with Gasteiger partial charge in [0.15, 0.2) is 11.5 Å². The van der Waals surface area contributed by atoms with E-state index in [1.165, 1.54) is 0 Å². The second-order valence-corrected chi connectivity index (χ2v) is 2.91. The van der Waals surface area contributed by atoms with Gasteiger partial charge in [-0.3, -0.25) is 0 Å². The molecular weight excluding hydrogens is 194 g/mol. The number of anilines is 1. The molecular formula is C10H15N3O2. The predicted molar refractivity (Wildman–Crippen MR) is 57.3 cm³/mol. The second-order valence-electron chi connectivity index (χ2n) is 2.91. The van der Waals surface area contributed by atoms with Crippen molar-refractivity contribution in [3.8, 4) is 11.5 Å². The highest BCUT2D eigenvalue weighted by Gasteiger charge is 2.09. The summed E-state index contributed by atoms with van der Waals surface area (Å²) in [5.41, 5.74) is 1.02. The minimum absolute atomic E-state index is 0.758. The molecule has 0 N–H and O–H groups in total. The summed E-state index contributed by atoms with van der Waals surface area (Å²) in [6.45, 7) is 0. The third-order valence-electron chi connectivity index (χ3n) is 1.86. The molecule has 0 spiro atoms. The minimum atomic E-state index is 0.758. The minimum Gasteiger partial charge on any atom is -0.493 e. The van der Waals surface area contributed by atoms with Gasteiger partial charge in [-0.25, -0.2) is 0 Å². The molecule has 0 fully saturated rings. The Hall–Kier alpha value is -1.96. The molecule has 0 amide bonds. The third kappa shape index (κ3) is 3.02. The van der Waals surface area contributed by atoms with E-state index >= 15 is 0 Å². The van der Waals surface area contributed by atoms with E-state index in [4.69, 9.17) is 20.3 Å². The molecule has 5 nitrogen and oxygen atoms in total. The second kappa shape index (κ2) is 6.49. The first-order valence-corrected chi connectivity index (χ1v) is 4.29. The first-order valence-electron chi connectivity index (χ1n) is 4.29. The summed E-state index contributed by atoms with van der Waals surface area (Å²) in [6.07, 6.45) is 0. The standard InChI is InChI=1S/C10H15NO2.N2/c1-11(2)8-6-5-7-9(12-3)10(8)13-4;1-2/h5-7H,1-4H3;. The van der Waals surface area contributed by atoms with E-state index in [1.807, 2.05) is 37.2 Å². The van der Waals surface area contributed by atoms with Crippen LogP contribution < -0.4 is 14.4 Å². The molecule has 0 heterocycles. The molecule has 1 aromatic carbocycles. The van der Waals surface area contributed by atoms with Crippen LogP contribution in [0.1, 0.15) is 0 Å². The lowest BCUT2D eigenvalue weighted by molar-refractivity contribution is 0.355. The van der Waals surface area contributed by atoms with Crippen molar-refractivity contribution in [2.75, 3.05) is 33.2 Å². The predicted octanol–water partition coefficient (Wildman–Crippen LogP) is 1.80. The maximum absolute atomic E-state index is 6.00. The van der Waals surface area contributed by atoms with E-state index in [1.54, 1.807) is 14.2 Å². The highest BCUT2D eigenvalue weighted by Crippen LogP contribution is 2.35. The number of para-hydroxylation sites is 1. The summed E-state index contributed by atoms with van der Waals surface area (Å²) in [5.74, 6) is 1.53.